The number of carbonyl (C=O) groups excluding carboxylic acids is 2. The molecular formula is C20H19N3O3. The Labute approximate surface area is 150 Å². The molecule has 0 bridgehead atoms. The first-order chi connectivity index (χ1) is 12.5. The average Bonchev–Trinajstić information content (AvgIpc) is 3.04. The van der Waals surface area contributed by atoms with Crippen LogP contribution < -0.4 is 10.6 Å². The number of amides is 2. The lowest BCUT2D eigenvalue weighted by Gasteiger charge is -2.20. The Hall–Kier alpha value is -3.15. The van der Waals surface area contributed by atoms with E-state index in [4.69, 9.17) is 4.42 Å². The van der Waals surface area contributed by atoms with Gasteiger partial charge < -0.3 is 15.1 Å². The van der Waals surface area contributed by atoms with Crippen LogP contribution in [-0.4, -0.2) is 16.8 Å². The maximum atomic E-state index is 12.5. The van der Waals surface area contributed by atoms with Crippen LogP contribution in [0, 0.1) is 6.92 Å². The zero-order valence-corrected chi connectivity index (χ0v) is 14.6. The summed E-state index contributed by atoms with van der Waals surface area (Å²) >= 11 is 0. The van der Waals surface area contributed by atoms with E-state index >= 15 is 0 Å². The number of carbonyl (C=O) groups is 2. The zero-order valence-electron chi connectivity index (χ0n) is 14.6. The lowest BCUT2D eigenvalue weighted by Crippen LogP contribution is -2.26. The van der Waals surface area contributed by atoms with Gasteiger partial charge in [-0.05, 0) is 49.6 Å². The van der Waals surface area contributed by atoms with E-state index in [1.54, 1.807) is 6.07 Å². The number of fused-ring (bicyclic) bond motifs is 2. The predicted molar refractivity (Wildman–Crippen MR) is 98.0 cm³/mol. The van der Waals surface area contributed by atoms with E-state index in [9.17, 15) is 9.59 Å². The molecular weight excluding hydrogens is 330 g/mol. The minimum atomic E-state index is -0.279. The number of aryl methyl sites for hydroxylation is 2. The van der Waals surface area contributed by atoms with Crippen LogP contribution in [0.1, 0.15) is 46.8 Å². The highest BCUT2D eigenvalue weighted by atomic mass is 16.3. The molecule has 0 aliphatic carbocycles. The van der Waals surface area contributed by atoms with Crippen molar-refractivity contribution in [2.75, 3.05) is 5.32 Å². The minimum absolute atomic E-state index is 0.0420. The van der Waals surface area contributed by atoms with Crippen LogP contribution >= 0.6 is 0 Å². The standard InChI is InChI=1S/C20H19N3O3/c1-11-3-7-17-16(21-11)10-18(26-17)20(25)22-12(2)13-4-6-15-14(9-13)5-8-19(24)23-15/h3-4,6-7,9-10,12H,5,8H2,1-2H3,(H,22,25)(H,23,24). The Morgan fingerprint density at radius 3 is 2.92 bits per heavy atom. The molecule has 26 heavy (non-hydrogen) atoms. The smallest absolute Gasteiger partial charge is 0.287 e. The lowest BCUT2D eigenvalue weighted by molar-refractivity contribution is -0.116. The molecule has 1 atom stereocenters. The summed E-state index contributed by atoms with van der Waals surface area (Å²) in [6, 6.07) is 11.0. The molecule has 132 valence electrons. The first-order valence-electron chi connectivity index (χ1n) is 8.60. The molecule has 0 saturated heterocycles. The topological polar surface area (TPSA) is 84.2 Å². The molecule has 2 N–H and O–H groups in total. The minimum Gasteiger partial charge on any atom is -0.449 e. The Morgan fingerprint density at radius 1 is 1.23 bits per heavy atom. The van der Waals surface area contributed by atoms with Gasteiger partial charge in [0.2, 0.25) is 5.91 Å². The molecule has 3 aromatic rings. The SMILES string of the molecule is Cc1ccc2oc(C(=O)NC(C)c3ccc4c(c3)CCC(=O)N4)cc2n1. The second-order valence-corrected chi connectivity index (χ2v) is 6.61. The van der Waals surface area contributed by atoms with Crippen molar-refractivity contribution in [2.45, 2.75) is 32.7 Å². The number of nitrogens with zero attached hydrogens (tertiary/aromatic N) is 1. The molecule has 2 aromatic heterocycles. The van der Waals surface area contributed by atoms with E-state index in [0.717, 1.165) is 22.5 Å². The molecule has 0 spiro atoms. The number of furan rings is 1. The van der Waals surface area contributed by atoms with Gasteiger partial charge in [-0.1, -0.05) is 12.1 Å². The van der Waals surface area contributed by atoms with Gasteiger partial charge in [0, 0.05) is 23.9 Å². The molecule has 3 heterocycles. The third-order valence-corrected chi connectivity index (χ3v) is 4.61. The van der Waals surface area contributed by atoms with E-state index in [0.29, 0.717) is 23.9 Å². The van der Waals surface area contributed by atoms with Crippen molar-refractivity contribution in [2.24, 2.45) is 0 Å². The quantitative estimate of drug-likeness (QED) is 0.758. The summed E-state index contributed by atoms with van der Waals surface area (Å²) in [5.74, 6) is 0.00897. The van der Waals surface area contributed by atoms with Gasteiger partial charge in [-0.3, -0.25) is 9.59 Å². The van der Waals surface area contributed by atoms with Gasteiger partial charge in [-0.2, -0.15) is 0 Å². The summed E-state index contributed by atoms with van der Waals surface area (Å²) in [7, 11) is 0. The van der Waals surface area contributed by atoms with E-state index in [1.165, 1.54) is 0 Å². The average molecular weight is 349 g/mol. The monoisotopic (exact) mass is 349 g/mol. The van der Waals surface area contributed by atoms with Crippen molar-refractivity contribution < 1.29 is 14.0 Å². The van der Waals surface area contributed by atoms with Crippen molar-refractivity contribution in [3.63, 3.8) is 0 Å². The van der Waals surface area contributed by atoms with Crippen molar-refractivity contribution >= 4 is 28.6 Å². The van der Waals surface area contributed by atoms with Crippen LogP contribution in [0.3, 0.4) is 0 Å². The molecule has 6 nitrogen and oxygen atoms in total. The Bertz CT molecular complexity index is 1020. The van der Waals surface area contributed by atoms with Crippen LogP contribution in [0.15, 0.2) is 40.8 Å². The third-order valence-electron chi connectivity index (χ3n) is 4.61. The summed E-state index contributed by atoms with van der Waals surface area (Å²) in [6.07, 6.45) is 1.20. The fourth-order valence-corrected chi connectivity index (χ4v) is 3.16. The van der Waals surface area contributed by atoms with Crippen LogP contribution in [0.25, 0.3) is 11.1 Å². The summed E-state index contributed by atoms with van der Waals surface area (Å²) in [6.45, 7) is 3.82. The molecule has 4 rings (SSSR count). The fourth-order valence-electron chi connectivity index (χ4n) is 3.16. The van der Waals surface area contributed by atoms with Gasteiger partial charge in [0.1, 0.15) is 5.52 Å². The highest BCUT2D eigenvalue weighted by Gasteiger charge is 2.19. The van der Waals surface area contributed by atoms with Crippen LogP contribution in [0.2, 0.25) is 0 Å². The molecule has 1 aliphatic rings. The van der Waals surface area contributed by atoms with E-state index in [1.807, 2.05) is 44.2 Å². The number of hydrogen-bond donors (Lipinski definition) is 2. The summed E-state index contributed by atoms with van der Waals surface area (Å²) in [5.41, 5.74) is 5.07. The highest BCUT2D eigenvalue weighted by molar-refractivity contribution is 5.96. The second kappa shape index (κ2) is 6.29. The zero-order chi connectivity index (χ0) is 18.3. The molecule has 0 saturated carbocycles. The molecule has 0 radical (unpaired) electrons. The largest absolute Gasteiger partial charge is 0.449 e. The fraction of sp³-hybridized carbons (Fsp3) is 0.250. The Balaban J connectivity index is 1.52. The molecule has 2 amide bonds. The molecule has 1 aliphatic heterocycles. The van der Waals surface area contributed by atoms with Gasteiger partial charge in [0.15, 0.2) is 11.3 Å². The van der Waals surface area contributed by atoms with E-state index in [-0.39, 0.29) is 23.6 Å². The maximum absolute atomic E-state index is 12.5. The van der Waals surface area contributed by atoms with E-state index in [2.05, 4.69) is 15.6 Å². The van der Waals surface area contributed by atoms with Crippen molar-refractivity contribution in [3.8, 4) is 0 Å². The summed E-state index contributed by atoms with van der Waals surface area (Å²) in [4.78, 5) is 28.3. The Morgan fingerprint density at radius 2 is 2.08 bits per heavy atom. The Kier molecular flexibility index (Phi) is 3.95. The van der Waals surface area contributed by atoms with Crippen molar-refractivity contribution in [1.82, 2.24) is 10.3 Å². The predicted octanol–water partition coefficient (Wildman–Crippen LogP) is 3.51. The molecule has 1 aromatic carbocycles. The first kappa shape index (κ1) is 16.3. The third kappa shape index (κ3) is 3.06. The normalized spacial score (nSPS) is 14.6. The van der Waals surface area contributed by atoms with Crippen LogP contribution in [0.5, 0.6) is 0 Å². The first-order valence-corrected chi connectivity index (χ1v) is 8.60. The number of pyridine rings is 1. The van der Waals surface area contributed by atoms with Gasteiger partial charge >= 0.3 is 0 Å². The van der Waals surface area contributed by atoms with Crippen LogP contribution in [0.4, 0.5) is 5.69 Å². The number of hydrogen-bond acceptors (Lipinski definition) is 4. The van der Waals surface area contributed by atoms with Crippen LogP contribution in [-0.2, 0) is 11.2 Å². The van der Waals surface area contributed by atoms with Gasteiger partial charge in [-0.25, -0.2) is 4.98 Å². The van der Waals surface area contributed by atoms with Gasteiger partial charge in [0.25, 0.3) is 5.91 Å². The molecule has 1 unspecified atom stereocenters. The van der Waals surface area contributed by atoms with Crippen molar-refractivity contribution in [3.05, 3.63) is 59.0 Å². The van der Waals surface area contributed by atoms with Gasteiger partial charge in [-0.15, -0.1) is 0 Å². The number of benzene rings is 1. The molecule has 0 fully saturated rings. The second-order valence-electron chi connectivity index (χ2n) is 6.61. The lowest BCUT2D eigenvalue weighted by atomic mass is 9.98. The highest BCUT2D eigenvalue weighted by Crippen LogP contribution is 2.26. The molecule has 6 heteroatoms. The number of aromatic nitrogens is 1. The number of rotatable bonds is 3. The summed E-state index contributed by atoms with van der Waals surface area (Å²) < 4.78 is 5.60. The van der Waals surface area contributed by atoms with Crippen molar-refractivity contribution in [1.29, 1.82) is 0 Å². The number of anilines is 1. The van der Waals surface area contributed by atoms with E-state index < -0.39 is 0 Å². The van der Waals surface area contributed by atoms with Gasteiger partial charge in [0.05, 0.1) is 6.04 Å². The maximum Gasteiger partial charge on any atom is 0.287 e. The summed E-state index contributed by atoms with van der Waals surface area (Å²) in [5, 5.41) is 5.82. The number of nitrogens with one attached hydrogen (secondary N) is 2.